The number of hydrogen-bond acceptors (Lipinski definition) is 4. The third-order valence-electron chi connectivity index (χ3n) is 4.87. The van der Waals surface area contributed by atoms with Crippen molar-refractivity contribution < 1.29 is 14.3 Å². The van der Waals surface area contributed by atoms with Crippen molar-refractivity contribution in [1.82, 2.24) is 9.97 Å². The highest BCUT2D eigenvalue weighted by Gasteiger charge is 2.23. The first-order valence-corrected chi connectivity index (χ1v) is 8.79. The number of anilines is 1. The monoisotopic (exact) mass is 329 g/mol. The Morgan fingerprint density at radius 2 is 2.08 bits per heavy atom. The lowest BCUT2D eigenvalue weighted by molar-refractivity contribution is -0.142. The lowest BCUT2D eigenvalue weighted by Crippen LogP contribution is -2.39. The Morgan fingerprint density at radius 1 is 1.21 bits per heavy atom. The Kier molecular flexibility index (Phi) is 4.49. The molecule has 1 atom stereocenters. The molecule has 1 aromatic heterocycles. The normalized spacial score (nSPS) is 22.6. The summed E-state index contributed by atoms with van der Waals surface area (Å²) in [4.78, 5) is 20.4. The number of carbonyl (C=O) groups excluding carboxylic acids is 1. The molecule has 1 aromatic carbocycles. The van der Waals surface area contributed by atoms with Gasteiger partial charge in [-0.2, -0.15) is 0 Å². The summed E-state index contributed by atoms with van der Waals surface area (Å²) in [6.45, 7) is 1.32. The predicted molar refractivity (Wildman–Crippen MR) is 91.1 cm³/mol. The fraction of sp³-hybridized carbons (Fsp3) is 0.556. The molecule has 2 aliphatic rings. The lowest BCUT2D eigenvalue weighted by Gasteiger charge is -2.22. The maximum Gasteiger partial charge on any atom is 0.255 e. The average molecular weight is 329 g/mol. The molecule has 24 heavy (non-hydrogen) atoms. The Bertz CT molecular complexity index is 715. The molecule has 1 aliphatic carbocycles. The van der Waals surface area contributed by atoms with Gasteiger partial charge in [0.2, 0.25) is 0 Å². The van der Waals surface area contributed by atoms with Gasteiger partial charge < -0.3 is 19.8 Å². The molecule has 2 aromatic rings. The number of imidazole rings is 1. The van der Waals surface area contributed by atoms with Crippen LogP contribution in [0.2, 0.25) is 0 Å². The number of aromatic nitrogens is 2. The largest absolute Gasteiger partial charge is 0.376 e. The van der Waals surface area contributed by atoms with E-state index in [4.69, 9.17) is 14.5 Å². The van der Waals surface area contributed by atoms with Crippen LogP contribution in [0.25, 0.3) is 11.0 Å². The standard InChI is InChI=1S/C18H23N3O3/c22-18(16-11-23-8-9-24-16)19-13-6-7-14-15(10-13)21-17(20-14)12-4-2-1-3-5-12/h6-7,10,12,16H,1-5,8-9,11H2,(H,19,22)(H,20,21). The van der Waals surface area contributed by atoms with Crippen LogP contribution in [0.3, 0.4) is 0 Å². The zero-order valence-electron chi connectivity index (χ0n) is 13.7. The van der Waals surface area contributed by atoms with Gasteiger partial charge in [0.25, 0.3) is 5.91 Å². The van der Waals surface area contributed by atoms with Crippen molar-refractivity contribution in [2.75, 3.05) is 25.1 Å². The molecule has 2 fully saturated rings. The zero-order chi connectivity index (χ0) is 16.4. The second-order valence-corrected chi connectivity index (χ2v) is 6.61. The molecule has 1 aliphatic heterocycles. The van der Waals surface area contributed by atoms with E-state index < -0.39 is 6.10 Å². The van der Waals surface area contributed by atoms with Crippen molar-refractivity contribution in [3.63, 3.8) is 0 Å². The van der Waals surface area contributed by atoms with Gasteiger partial charge in [-0.3, -0.25) is 4.79 Å². The molecule has 2 N–H and O–H groups in total. The summed E-state index contributed by atoms with van der Waals surface area (Å²) in [6.07, 6.45) is 5.79. The van der Waals surface area contributed by atoms with Crippen LogP contribution in [-0.4, -0.2) is 41.8 Å². The number of carbonyl (C=O) groups is 1. The van der Waals surface area contributed by atoms with Crippen LogP contribution in [-0.2, 0) is 14.3 Å². The smallest absolute Gasteiger partial charge is 0.255 e. The first-order valence-electron chi connectivity index (χ1n) is 8.79. The van der Waals surface area contributed by atoms with E-state index >= 15 is 0 Å². The maximum atomic E-state index is 12.2. The third kappa shape index (κ3) is 3.30. The topological polar surface area (TPSA) is 76.2 Å². The van der Waals surface area contributed by atoms with Crippen LogP contribution < -0.4 is 5.32 Å². The second kappa shape index (κ2) is 6.91. The Labute approximate surface area is 140 Å². The van der Waals surface area contributed by atoms with Crippen LogP contribution in [0.4, 0.5) is 5.69 Å². The van der Waals surface area contributed by atoms with Gasteiger partial charge in [-0.15, -0.1) is 0 Å². The summed E-state index contributed by atoms with van der Waals surface area (Å²) < 4.78 is 10.7. The van der Waals surface area contributed by atoms with Crippen LogP contribution >= 0.6 is 0 Å². The van der Waals surface area contributed by atoms with Gasteiger partial charge in [0, 0.05) is 11.6 Å². The van der Waals surface area contributed by atoms with Crippen molar-refractivity contribution in [2.24, 2.45) is 0 Å². The van der Waals surface area contributed by atoms with E-state index in [0.717, 1.165) is 22.5 Å². The maximum absolute atomic E-state index is 12.2. The van der Waals surface area contributed by atoms with Crippen LogP contribution in [0, 0.1) is 0 Å². The summed E-state index contributed by atoms with van der Waals surface area (Å²) in [5.41, 5.74) is 2.67. The highest BCUT2D eigenvalue weighted by Crippen LogP contribution is 2.32. The van der Waals surface area contributed by atoms with E-state index in [-0.39, 0.29) is 5.91 Å². The number of ether oxygens (including phenoxy) is 2. The summed E-state index contributed by atoms with van der Waals surface area (Å²) in [7, 11) is 0. The highest BCUT2D eigenvalue weighted by molar-refractivity contribution is 5.96. The lowest BCUT2D eigenvalue weighted by atomic mass is 9.89. The van der Waals surface area contributed by atoms with E-state index in [1.807, 2.05) is 18.2 Å². The van der Waals surface area contributed by atoms with E-state index in [1.54, 1.807) is 0 Å². The van der Waals surface area contributed by atoms with Gasteiger partial charge in [0.15, 0.2) is 6.10 Å². The fourth-order valence-corrected chi connectivity index (χ4v) is 3.54. The quantitative estimate of drug-likeness (QED) is 0.908. The molecular formula is C18H23N3O3. The van der Waals surface area contributed by atoms with Gasteiger partial charge in [-0.05, 0) is 31.0 Å². The van der Waals surface area contributed by atoms with Gasteiger partial charge in [-0.25, -0.2) is 4.98 Å². The van der Waals surface area contributed by atoms with E-state index in [2.05, 4.69) is 10.3 Å². The number of nitrogens with one attached hydrogen (secondary N) is 2. The Hall–Kier alpha value is -1.92. The van der Waals surface area contributed by atoms with Gasteiger partial charge in [-0.1, -0.05) is 19.3 Å². The average Bonchev–Trinajstić information content (AvgIpc) is 3.06. The molecule has 1 saturated heterocycles. The molecule has 4 rings (SSSR count). The molecule has 0 spiro atoms. The number of H-pyrrole nitrogens is 1. The molecule has 1 unspecified atom stereocenters. The predicted octanol–water partition coefficient (Wildman–Crippen LogP) is 2.96. The van der Waals surface area contributed by atoms with Crippen molar-refractivity contribution in [3.05, 3.63) is 24.0 Å². The van der Waals surface area contributed by atoms with Crippen molar-refractivity contribution >= 4 is 22.6 Å². The first kappa shape index (κ1) is 15.6. The van der Waals surface area contributed by atoms with E-state index in [0.29, 0.717) is 25.7 Å². The fourth-order valence-electron chi connectivity index (χ4n) is 3.54. The molecule has 1 amide bonds. The van der Waals surface area contributed by atoms with Crippen molar-refractivity contribution in [1.29, 1.82) is 0 Å². The van der Waals surface area contributed by atoms with Crippen molar-refractivity contribution in [3.8, 4) is 0 Å². The summed E-state index contributed by atoms with van der Waals surface area (Å²) >= 11 is 0. The Morgan fingerprint density at radius 3 is 2.88 bits per heavy atom. The number of nitrogens with zero attached hydrogens (tertiary/aromatic N) is 1. The number of rotatable bonds is 3. The minimum absolute atomic E-state index is 0.166. The minimum atomic E-state index is -0.533. The highest BCUT2D eigenvalue weighted by atomic mass is 16.6. The van der Waals surface area contributed by atoms with Crippen LogP contribution in [0.15, 0.2) is 18.2 Å². The number of benzene rings is 1. The molecule has 0 radical (unpaired) electrons. The molecule has 6 nitrogen and oxygen atoms in total. The van der Waals surface area contributed by atoms with Crippen LogP contribution in [0.5, 0.6) is 0 Å². The van der Waals surface area contributed by atoms with Crippen molar-refractivity contribution in [2.45, 2.75) is 44.1 Å². The molecule has 1 saturated carbocycles. The minimum Gasteiger partial charge on any atom is -0.376 e. The summed E-state index contributed by atoms with van der Waals surface area (Å²) in [5.74, 6) is 1.45. The molecular weight excluding hydrogens is 306 g/mol. The van der Waals surface area contributed by atoms with E-state index in [9.17, 15) is 4.79 Å². The van der Waals surface area contributed by atoms with Gasteiger partial charge in [0.05, 0.1) is 30.9 Å². The molecule has 6 heteroatoms. The number of amides is 1. The van der Waals surface area contributed by atoms with Gasteiger partial charge >= 0.3 is 0 Å². The summed E-state index contributed by atoms with van der Waals surface area (Å²) in [6, 6.07) is 5.78. The second-order valence-electron chi connectivity index (χ2n) is 6.61. The Balaban J connectivity index is 1.49. The number of aromatic amines is 1. The molecule has 2 heterocycles. The van der Waals surface area contributed by atoms with Crippen LogP contribution in [0.1, 0.15) is 43.8 Å². The molecule has 0 bridgehead atoms. The number of fused-ring (bicyclic) bond motifs is 1. The SMILES string of the molecule is O=C(Nc1ccc2nc(C3CCCCC3)[nH]c2c1)C1COCCO1. The molecule has 128 valence electrons. The number of hydrogen-bond donors (Lipinski definition) is 2. The van der Waals surface area contributed by atoms with E-state index in [1.165, 1.54) is 32.1 Å². The third-order valence-corrected chi connectivity index (χ3v) is 4.87. The first-order chi connectivity index (χ1) is 11.8. The zero-order valence-corrected chi connectivity index (χ0v) is 13.7. The van der Waals surface area contributed by atoms with Gasteiger partial charge in [0.1, 0.15) is 5.82 Å². The summed E-state index contributed by atoms with van der Waals surface area (Å²) in [5, 5.41) is 2.90.